The molecule has 0 spiro atoms. The Morgan fingerprint density at radius 2 is 2.11 bits per heavy atom. The summed E-state index contributed by atoms with van der Waals surface area (Å²) in [5.41, 5.74) is 2.21. The molecule has 0 saturated carbocycles. The van der Waals surface area contributed by atoms with Crippen LogP contribution in [-0.2, 0) is 11.2 Å². The van der Waals surface area contributed by atoms with Gasteiger partial charge in [-0.05, 0) is 49.2 Å². The molecule has 0 aliphatic heterocycles. The zero-order valence-electron chi connectivity index (χ0n) is 15.1. The van der Waals surface area contributed by atoms with Crippen molar-refractivity contribution >= 4 is 28.6 Å². The molecule has 3 heterocycles. The van der Waals surface area contributed by atoms with E-state index in [2.05, 4.69) is 15.4 Å². The first-order valence-electron chi connectivity index (χ1n) is 8.42. The molecule has 0 aliphatic rings. The molecule has 3 aromatic rings. The van der Waals surface area contributed by atoms with E-state index in [0.717, 1.165) is 16.3 Å². The van der Waals surface area contributed by atoms with Gasteiger partial charge in [-0.25, -0.2) is 13.8 Å². The van der Waals surface area contributed by atoms with Crippen LogP contribution in [0.1, 0.15) is 53.1 Å². The molecule has 3 rings (SSSR count). The normalized spacial score (nSPS) is 13.7. The molecule has 27 heavy (non-hydrogen) atoms. The Hall–Kier alpha value is -2.13. The Balaban J connectivity index is 1.79. The highest BCUT2D eigenvalue weighted by molar-refractivity contribution is 7.09. The lowest BCUT2D eigenvalue weighted by Gasteiger charge is -2.20. The molecule has 0 fully saturated rings. The fourth-order valence-corrected chi connectivity index (χ4v) is 4.32. The van der Waals surface area contributed by atoms with E-state index in [1.54, 1.807) is 25.2 Å². The van der Waals surface area contributed by atoms with E-state index in [9.17, 15) is 13.6 Å². The molecule has 0 aromatic carbocycles. The van der Waals surface area contributed by atoms with Crippen molar-refractivity contribution in [3.8, 4) is 0 Å². The van der Waals surface area contributed by atoms with Crippen molar-refractivity contribution in [1.29, 1.82) is 0 Å². The van der Waals surface area contributed by atoms with Gasteiger partial charge in [-0.1, -0.05) is 0 Å². The highest BCUT2D eigenvalue weighted by Gasteiger charge is 2.25. The number of nitrogens with one attached hydrogen (secondary N) is 1. The standard InChI is InChI=1S/C18H20F2N4OS2/c1-10-8-27-18(21-10)15(7-13-4-5-26-9-13)22-17(25)12(3)24-11(2)6-14(23-24)16(19)20/h4-6,8-9,12,15-16H,7H2,1-3H3,(H,22,25)/t12-,15-/m0/s1. The van der Waals surface area contributed by atoms with E-state index < -0.39 is 12.5 Å². The molecular formula is C18H20F2N4OS2. The number of carbonyl (C=O) groups is 1. The van der Waals surface area contributed by atoms with Crippen LogP contribution in [0.4, 0.5) is 8.78 Å². The topological polar surface area (TPSA) is 59.8 Å². The highest BCUT2D eigenvalue weighted by atomic mass is 32.1. The monoisotopic (exact) mass is 410 g/mol. The van der Waals surface area contributed by atoms with Crippen molar-refractivity contribution in [3.63, 3.8) is 0 Å². The van der Waals surface area contributed by atoms with Gasteiger partial charge in [0.2, 0.25) is 5.91 Å². The van der Waals surface area contributed by atoms with Crippen LogP contribution >= 0.6 is 22.7 Å². The average molecular weight is 411 g/mol. The van der Waals surface area contributed by atoms with Crippen molar-refractivity contribution < 1.29 is 13.6 Å². The number of alkyl halides is 2. The van der Waals surface area contributed by atoms with Gasteiger partial charge in [0.05, 0.1) is 6.04 Å². The third kappa shape index (κ3) is 4.59. The van der Waals surface area contributed by atoms with Crippen molar-refractivity contribution in [2.45, 2.75) is 45.7 Å². The molecular weight excluding hydrogens is 390 g/mol. The van der Waals surface area contributed by atoms with Gasteiger partial charge in [0.25, 0.3) is 6.43 Å². The minimum absolute atomic E-state index is 0.279. The van der Waals surface area contributed by atoms with E-state index in [0.29, 0.717) is 12.1 Å². The summed E-state index contributed by atoms with van der Waals surface area (Å²) in [5, 5.41) is 13.7. The lowest BCUT2D eigenvalue weighted by Crippen LogP contribution is -2.35. The summed E-state index contributed by atoms with van der Waals surface area (Å²) in [4.78, 5) is 17.3. The number of rotatable bonds is 7. The number of halogens is 2. The van der Waals surface area contributed by atoms with Crippen molar-refractivity contribution in [1.82, 2.24) is 20.1 Å². The van der Waals surface area contributed by atoms with Gasteiger partial charge in [0.15, 0.2) is 0 Å². The minimum Gasteiger partial charge on any atom is -0.345 e. The van der Waals surface area contributed by atoms with Gasteiger partial charge in [-0.2, -0.15) is 16.4 Å². The number of hydrogen-bond acceptors (Lipinski definition) is 5. The number of thiophene rings is 1. The van der Waals surface area contributed by atoms with Gasteiger partial charge in [0.1, 0.15) is 16.7 Å². The van der Waals surface area contributed by atoms with Gasteiger partial charge < -0.3 is 5.32 Å². The number of aromatic nitrogens is 3. The summed E-state index contributed by atoms with van der Waals surface area (Å²) >= 11 is 3.09. The smallest absolute Gasteiger partial charge is 0.282 e. The molecule has 2 atom stereocenters. The van der Waals surface area contributed by atoms with Crippen LogP contribution in [0.15, 0.2) is 28.3 Å². The third-order valence-corrected chi connectivity index (χ3v) is 5.99. The Labute approximate surface area is 164 Å². The van der Waals surface area contributed by atoms with Crippen LogP contribution in [0.2, 0.25) is 0 Å². The summed E-state index contributed by atoms with van der Waals surface area (Å²) < 4.78 is 27.1. The molecule has 1 N–H and O–H groups in total. The van der Waals surface area contributed by atoms with Gasteiger partial charge >= 0.3 is 0 Å². The molecule has 0 saturated heterocycles. The molecule has 1 amide bonds. The predicted octanol–water partition coefficient (Wildman–Crippen LogP) is 4.62. The molecule has 0 radical (unpaired) electrons. The molecule has 0 bridgehead atoms. The van der Waals surface area contributed by atoms with Crippen LogP contribution < -0.4 is 5.32 Å². The Kier molecular flexibility index (Phi) is 6.01. The lowest BCUT2D eigenvalue weighted by molar-refractivity contribution is -0.125. The Morgan fingerprint density at radius 1 is 1.33 bits per heavy atom. The summed E-state index contributed by atoms with van der Waals surface area (Å²) in [6.07, 6.45) is -2.04. The first kappa shape index (κ1) is 19.6. The second-order valence-electron chi connectivity index (χ2n) is 6.36. The molecule has 9 heteroatoms. The quantitative estimate of drug-likeness (QED) is 0.618. The predicted molar refractivity (Wildman–Crippen MR) is 102 cm³/mol. The number of nitrogens with zero attached hydrogens (tertiary/aromatic N) is 3. The highest BCUT2D eigenvalue weighted by Crippen LogP contribution is 2.25. The van der Waals surface area contributed by atoms with Crippen LogP contribution in [0.3, 0.4) is 0 Å². The molecule has 5 nitrogen and oxygen atoms in total. The zero-order valence-corrected chi connectivity index (χ0v) is 16.8. The number of aryl methyl sites for hydroxylation is 2. The SMILES string of the molecule is Cc1csc([C@H](Cc2ccsc2)NC(=O)[C@H](C)n2nc(C(F)F)cc2C)n1. The first-order chi connectivity index (χ1) is 12.8. The van der Waals surface area contributed by atoms with E-state index in [-0.39, 0.29) is 17.6 Å². The van der Waals surface area contributed by atoms with Crippen LogP contribution in [0.5, 0.6) is 0 Å². The summed E-state index contributed by atoms with van der Waals surface area (Å²) in [6, 6.07) is 2.34. The lowest BCUT2D eigenvalue weighted by atomic mass is 10.1. The van der Waals surface area contributed by atoms with Crippen LogP contribution in [0.25, 0.3) is 0 Å². The maximum atomic E-state index is 12.9. The second-order valence-corrected chi connectivity index (χ2v) is 8.03. The number of thiazole rings is 1. The van der Waals surface area contributed by atoms with Crippen LogP contribution in [0, 0.1) is 13.8 Å². The van der Waals surface area contributed by atoms with Crippen molar-refractivity contribution in [2.24, 2.45) is 0 Å². The Morgan fingerprint density at radius 3 is 2.67 bits per heavy atom. The molecule has 0 unspecified atom stereocenters. The van der Waals surface area contributed by atoms with E-state index in [1.165, 1.54) is 22.1 Å². The van der Waals surface area contributed by atoms with Crippen LogP contribution in [-0.4, -0.2) is 20.7 Å². The second kappa shape index (κ2) is 8.26. The van der Waals surface area contributed by atoms with Gasteiger partial charge in [0, 0.05) is 23.2 Å². The maximum absolute atomic E-state index is 12.9. The largest absolute Gasteiger partial charge is 0.345 e. The zero-order chi connectivity index (χ0) is 19.6. The van der Waals surface area contributed by atoms with Gasteiger partial charge in [-0.3, -0.25) is 9.48 Å². The fraction of sp³-hybridized carbons (Fsp3) is 0.389. The number of amides is 1. The first-order valence-corrected chi connectivity index (χ1v) is 10.2. The minimum atomic E-state index is -2.66. The fourth-order valence-electron chi connectivity index (χ4n) is 2.79. The molecule has 0 aliphatic carbocycles. The summed E-state index contributed by atoms with van der Waals surface area (Å²) in [6.45, 7) is 5.22. The van der Waals surface area contributed by atoms with E-state index in [4.69, 9.17) is 0 Å². The third-order valence-electron chi connectivity index (χ3n) is 4.18. The van der Waals surface area contributed by atoms with Crippen molar-refractivity contribution in [3.05, 3.63) is 55.9 Å². The summed E-state index contributed by atoms with van der Waals surface area (Å²) in [5.74, 6) is -0.282. The molecule has 144 valence electrons. The number of carbonyl (C=O) groups excluding carboxylic acids is 1. The van der Waals surface area contributed by atoms with Gasteiger partial charge in [-0.15, -0.1) is 11.3 Å². The maximum Gasteiger partial charge on any atom is 0.282 e. The Bertz CT molecular complexity index is 905. The number of hydrogen-bond donors (Lipinski definition) is 1. The van der Waals surface area contributed by atoms with E-state index >= 15 is 0 Å². The van der Waals surface area contributed by atoms with Crippen molar-refractivity contribution in [2.75, 3.05) is 0 Å². The van der Waals surface area contributed by atoms with E-state index in [1.807, 2.05) is 29.1 Å². The molecule has 3 aromatic heterocycles. The average Bonchev–Trinajstić information content (AvgIpc) is 3.35. The summed E-state index contributed by atoms with van der Waals surface area (Å²) in [7, 11) is 0.